The van der Waals surface area contributed by atoms with Gasteiger partial charge in [-0.25, -0.2) is 0 Å². The van der Waals surface area contributed by atoms with Crippen LogP contribution in [0.2, 0.25) is 0 Å². The van der Waals surface area contributed by atoms with E-state index in [1.54, 1.807) is 0 Å². The van der Waals surface area contributed by atoms with Crippen LogP contribution < -0.4 is 0 Å². The Hall–Kier alpha value is 0.01000. The predicted molar refractivity (Wildman–Crippen MR) is 59.5 cm³/mol. The van der Waals surface area contributed by atoms with Crippen LogP contribution >= 0.6 is 12.6 Å². The summed E-state index contributed by atoms with van der Waals surface area (Å²) in [6.07, 6.45) is 0. The van der Waals surface area contributed by atoms with Gasteiger partial charge in [-0.15, -0.1) is 0 Å². The Kier molecular flexibility index (Phi) is 8.61. The van der Waals surface area contributed by atoms with Crippen molar-refractivity contribution in [1.29, 1.82) is 0 Å². The fourth-order valence-electron chi connectivity index (χ4n) is 0.699. The maximum Gasteiger partial charge on any atom is 0.0704 e. The molecular formula is C10H20O2S. The molecule has 0 atom stereocenters. The highest BCUT2D eigenvalue weighted by Crippen LogP contribution is 1.95. The number of hydrogen-bond acceptors (Lipinski definition) is 3. The number of ether oxygens (including phenoxy) is 2. The van der Waals surface area contributed by atoms with Crippen molar-refractivity contribution in [2.24, 2.45) is 5.92 Å². The Bertz CT molecular complexity index is 135. The van der Waals surface area contributed by atoms with Gasteiger partial charge in [0.15, 0.2) is 0 Å². The van der Waals surface area contributed by atoms with E-state index in [1.807, 2.05) is 0 Å². The van der Waals surface area contributed by atoms with Gasteiger partial charge < -0.3 is 9.47 Å². The molecule has 0 saturated heterocycles. The first-order valence-electron chi connectivity index (χ1n) is 4.59. The number of rotatable bonds is 8. The monoisotopic (exact) mass is 204 g/mol. The number of thiol groups is 1. The molecule has 0 amide bonds. The lowest BCUT2D eigenvalue weighted by Gasteiger charge is -2.07. The van der Waals surface area contributed by atoms with Crippen molar-refractivity contribution in [3.8, 4) is 0 Å². The molecule has 13 heavy (non-hydrogen) atoms. The smallest absolute Gasteiger partial charge is 0.0704 e. The fraction of sp³-hybridized carbons (Fsp3) is 0.800. The minimum absolute atomic E-state index is 0.590. The Morgan fingerprint density at radius 3 is 2.46 bits per heavy atom. The summed E-state index contributed by atoms with van der Waals surface area (Å²) in [7, 11) is 0. The molecule has 0 aromatic rings. The van der Waals surface area contributed by atoms with E-state index in [1.165, 1.54) is 0 Å². The van der Waals surface area contributed by atoms with Crippen LogP contribution in [0.4, 0.5) is 0 Å². The molecule has 3 heteroatoms. The van der Waals surface area contributed by atoms with E-state index in [4.69, 9.17) is 9.47 Å². The van der Waals surface area contributed by atoms with E-state index in [9.17, 15) is 0 Å². The van der Waals surface area contributed by atoms with Gasteiger partial charge in [0.2, 0.25) is 0 Å². The van der Waals surface area contributed by atoms with Crippen LogP contribution in [0, 0.1) is 5.92 Å². The SMILES string of the molecule is C=C(CS)COCCOCC(C)C. The van der Waals surface area contributed by atoms with E-state index in [2.05, 4.69) is 33.1 Å². The molecule has 0 aromatic carbocycles. The Labute approximate surface area is 86.7 Å². The molecule has 0 aliphatic carbocycles. The standard InChI is InChI=1S/C10H20O2S/c1-9(2)6-11-4-5-12-7-10(3)8-13/h9,13H,3-8H2,1-2H3. The van der Waals surface area contributed by atoms with Crippen LogP contribution in [0.3, 0.4) is 0 Å². The summed E-state index contributed by atoms with van der Waals surface area (Å²) in [5.41, 5.74) is 1.01. The van der Waals surface area contributed by atoms with Crippen LogP contribution in [0.1, 0.15) is 13.8 Å². The second-order valence-corrected chi connectivity index (χ2v) is 3.75. The van der Waals surface area contributed by atoms with E-state index >= 15 is 0 Å². The third-order valence-electron chi connectivity index (χ3n) is 1.35. The number of hydrogen-bond donors (Lipinski definition) is 1. The van der Waals surface area contributed by atoms with Gasteiger partial charge in [-0.05, 0) is 11.5 Å². The molecule has 0 fully saturated rings. The highest BCUT2D eigenvalue weighted by molar-refractivity contribution is 7.80. The van der Waals surface area contributed by atoms with Crippen LogP contribution in [0.5, 0.6) is 0 Å². The first-order valence-corrected chi connectivity index (χ1v) is 5.23. The first kappa shape index (κ1) is 13.0. The molecule has 0 N–H and O–H groups in total. The van der Waals surface area contributed by atoms with E-state index in [-0.39, 0.29) is 0 Å². The van der Waals surface area contributed by atoms with Gasteiger partial charge in [-0.1, -0.05) is 20.4 Å². The quantitative estimate of drug-likeness (QED) is 0.371. The molecule has 0 aromatic heterocycles. The van der Waals surface area contributed by atoms with Gasteiger partial charge >= 0.3 is 0 Å². The summed E-state index contributed by atoms with van der Waals surface area (Å²) < 4.78 is 10.6. The van der Waals surface area contributed by atoms with Crippen molar-refractivity contribution in [3.63, 3.8) is 0 Å². The maximum atomic E-state index is 5.34. The van der Waals surface area contributed by atoms with E-state index in [0.717, 1.165) is 12.2 Å². The second kappa shape index (κ2) is 8.60. The van der Waals surface area contributed by atoms with E-state index < -0.39 is 0 Å². The average Bonchev–Trinajstić information content (AvgIpc) is 2.10. The highest BCUT2D eigenvalue weighted by atomic mass is 32.1. The molecule has 2 nitrogen and oxygen atoms in total. The highest BCUT2D eigenvalue weighted by Gasteiger charge is 1.94. The molecule has 0 heterocycles. The van der Waals surface area contributed by atoms with Gasteiger partial charge in [0.05, 0.1) is 19.8 Å². The van der Waals surface area contributed by atoms with Gasteiger partial charge in [0.25, 0.3) is 0 Å². The van der Waals surface area contributed by atoms with Crippen molar-refractivity contribution in [2.45, 2.75) is 13.8 Å². The second-order valence-electron chi connectivity index (χ2n) is 3.43. The molecule has 78 valence electrons. The summed E-state index contributed by atoms with van der Waals surface area (Å²) in [4.78, 5) is 0. The molecule has 0 aliphatic rings. The Balaban J connectivity index is 3.04. The van der Waals surface area contributed by atoms with Gasteiger partial charge in [-0.3, -0.25) is 0 Å². The van der Waals surface area contributed by atoms with Crippen molar-refractivity contribution in [2.75, 3.05) is 32.2 Å². The molecule has 0 unspecified atom stereocenters. The van der Waals surface area contributed by atoms with Crippen molar-refractivity contribution >= 4 is 12.6 Å². The molecule has 0 aliphatic heterocycles. The third-order valence-corrected chi connectivity index (χ3v) is 1.80. The fourth-order valence-corrected chi connectivity index (χ4v) is 0.790. The average molecular weight is 204 g/mol. The van der Waals surface area contributed by atoms with Gasteiger partial charge in [0, 0.05) is 12.4 Å². The van der Waals surface area contributed by atoms with Crippen LogP contribution in [0.15, 0.2) is 12.2 Å². The molecule has 0 radical (unpaired) electrons. The lowest BCUT2D eigenvalue weighted by atomic mass is 10.2. The van der Waals surface area contributed by atoms with Crippen molar-refractivity contribution in [3.05, 3.63) is 12.2 Å². The summed E-state index contributed by atoms with van der Waals surface area (Å²) in [5.74, 6) is 1.28. The van der Waals surface area contributed by atoms with Crippen LogP contribution in [-0.2, 0) is 9.47 Å². The third kappa shape index (κ3) is 9.93. The summed E-state index contributed by atoms with van der Waals surface area (Å²) in [6.45, 7) is 10.7. The van der Waals surface area contributed by atoms with Gasteiger partial charge in [0.1, 0.15) is 0 Å². The lowest BCUT2D eigenvalue weighted by molar-refractivity contribution is 0.0452. The zero-order valence-corrected chi connectivity index (χ0v) is 9.48. The molecule has 0 rings (SSSR count). The summed E-state index contributed by atoms with van der Waals surface area (Å²) >= 11 is 4.08. The Morgan fingerprint density at radius 1 is 1.31 bits per heavy atom. The minimum atomic E-state index is 0.590. The van der Waals surface area contributed by atoms with Crippen LogP contribution in [-0.4, -0.2) is 32.2 Å². The normalized spacial score (nSPS) is 10.8. The molecule has 0 bridgehead atoms. The predicted octanol–water partition coefficient (Wildman–Crippen LogP) is 2.16. The maximum absolute atomic E-state index is 5.34. The van der Waals surface area contributed by atoms with Crippen molar-refractivity contribution < 1.29 is 9.47 Å². The largest absolute Gasteiger partial charge is 0.379 e. The lowest BCUT2D eigenvalue weighted by Crippen LogP contribution is -2.09. The Morgan fingerprint density at radius 2 is 1.92 bits per heavy atom. The topological polar surface area (TPSA) is 18.5 Å². The molecule has 0 spiro atoms. The van der Waals surface area contributed by atoms with E-state index in [0.29, 0.717) is 31.5 Å². The zero-order valence-electron chi connectivity index (χ0n) is 8.58. The van der Waals surface area contributed by atoms with Crippen LogP contribution in [0.25, 0.3) is 0 Å². The molecular weight excluding hydrogens is 184 g/mol. The molecule has 0 saturated carbocycles. The van der Waals surface area contributed by atoms with Crippen molar-refractivity contribution in [1.82, 2.24) is 0 Å². The first-order chi connectivity index (χ1) is 6.16. The summed E-state index contributed by atoms with van der Waals surface area (Å²) in [6, 6.07) is 0. The van der Waals surface area contributed by atoms with Gasteiger partial charge in [-0.2, -0.15) is 12.6 Å². The minimum Gasteiger partial charge on any atom is -0.379 e. The zero-order chi connectivity index (χ0) is 10.1. The summed E-state index contributed by atoms with van der Waals surface area (Å²) in [5, 5.41) is 0.